The molecule has 28 heavy (non-hydrogen) atoms. The molecule has 0 amide bonds. The number of aldehydes is 1. The van der Waals surface area contributed by atoms with Gasteiger partial charge >= 0.3 is 0 Å². The summed E-state index contributed by atoms with van der Waals surface area (Å²) in [7, 11) is 1.54. The number of phenols is 1. The van der Waals surface area contributed by atoms with E-state index in [-0.39, 0.29) is 29.5 Å². The molecule has 2 aromatic carbocycles. The van der Waals surface area contributed by atoms with E-state index in [4.69, 9.17) is 9.47 Å². The van der Waals surface area contributed by atoms with Crippen LogP contribution in [0.4, 0.5) is 4.39 Å². The summed E-state index contributed by atoms with van der Waals surface area (Å²) in [5.74, 6) is 1.47. The molecule has 0 spiro atoms. The van der Waals surface area contributed by atoms with Crippen molar-refractivity contribution in [2.45, 2.75) is 25.0 Å². The number of fused-ring (bicyclic) bond motifs is 1. The zero-order chi connectivity index (χ0) is 19.7. The highest BCUT2D eigenvalue weighted by Gasteiger charge is 2.44. The Kier molecular flexibility index (Phi) is 5.22. The molecule has 0 radical (unpaired) electrons. The summed E-state index contributed by atoms with van der Waals surface area (Å²) in [6.45, 7) is 1.63. The number of hydrogen-bond acceptors (Lipinski definition) is 5. The van der Waals surface area contributed by atoms with Crippen LogP contribution in [-0.4, -0.2) is 42.6 Å². The topological polar surface area (TPSA) is 59.0 Å². The largest absolute Gasteiger partial charge is 0.508 e. The average Bonchev–Trinajstić information content (AvgIpc) is 3.24. The van der Waals surface area contributed by atoms with Crippen molar-refractivity contribution >= 4 is 6.29 Å². The van der Waals surface area contributed by atoms with Crippen LogP contribution in [0, 0.1) is 17.7 Å². The molecule has 0 aromatic heterocycles. The lowest BCUT2D eigenvalue weighted by molar-refractivity contribution is -0.112. The predicted molar refractivity (Wildman–Crippen MR) is 102 cm³/mol. The molecule has 4 rings (SSSR count). The van der Waals surface area contributed by atoms with Crippen LogP contribution in [0.3, 0.4) is 0 Å². The standard InChI is InChI=1S/C22H24FNO4/c1-27-18-6-7-20(23)22(10-18)28-19-8-15-11-24(12-16(15)9-19)21(13-25)14-2-4-17(26)5-3-14/h2-7,10,13,15-16,19,21,26H,8-9,11-12H2,1H3/t15-,16+,19+,21?. The molecule has 1 heterocycles. The maximum atomic E-state index is 14.0. The Balaban J connectivity index is 1.39. The molecule has 1 unspecified atom stereocenters. The molecular formula is C22H24FNO4. The van der Waals surface area contributed by atoms with E-state index >= 15 is 0 Å². The lowest BCUT2D eigenvalue weighted by Gasteiger charge is -2.25. The molecule has 1 saturated heterocycles. The van der Waals surface area contributed by atoms with E-state index in [0.29, 0.717) is 17.6 Å². The van der Waals surface area contributed by atoms with Gasteiger partial charge in [0.05, 0.1) is 19.3 Å². The molecule has 4 atom stereocenters. The first kappa shape index (κ1) is 18.7. The van der Waals surface area contributed by atoms with Gasteiger partial charge < -0.3 is 19.4 Å². The summed E-state index contributed by atoms with van der Waals surface area (Å²) >= 11 is 0. The summed E-state index contributed by atoms with van der Waals surface area (Å²) < 4.78 is 25.1. The number of halogens is 1. The molecule has 148 valence electrons. The van der Waals surface area contributed by atoms with Crippen LogP contribution in [0.5, 0.6) is 17.2 Å². The smallest absolute Gasteiger partial charge is 0.165 e. The quantitative estimate of drug-likeness (QED) is 0.771. The highest BCUT2D eigenvalue weighted by molar-refractivity contribution is 5.61. The summed E-state index contributed by atoms with van der Waals surface area (Å²) in [5, 5.41) is 9.46. The second-order valence-corrected chi connectivity index (χ2v) is 7.65. The van der Waals surface area contributed by atoms with Crippen LogP contribution in [0.15, 0.2) is 42.5 Å². The second kappa shape index (κ2) is 7.80. The van der Waals surface area contributed by atoms with E-state index < -0.39 is 0 Å². The number of carbonyl (C=O) groups excluding carboxylic acids is 1. The summed E-state index contributed by atoms with van der Waals surface area (Å²) in [6.07, 6.45) is 2.63. The second-order valence-electron chi connectivity index (χ2n) is 7.65. The van der Waals surface area contributed by atoms with Gasteiger partial charge in [0.25, 0.3) is 0 Å². The number of likely N-dealkylation sites (tertiary alicyclic amines) is 1. The minimum Gasteiger partial charge on any atom is -0.508 e. The Morgan fingerprint density at radius 3 is 2.43 bits per heavy atom. The van der Waals surface area contributed by atoms with Crippen molar-refractivity contribution in [2.24, 2.45) is 11.8 Å². The zero-order valence-electron chi connectivity index (χ0n) is 15.8. The van der Waals surface area contributed by atoms with E-state index in [1.807, 2.05) is 0 Å². The Morgan fingerprint density at radius 2 is 1.82 bits per heavy atom. The summed E-state index contributed by atoms with van der Waals surface area (Å²) in [4.78, 5) is 13.9. The van der Waals surface area contributed by atoms with Crippen molar-refractivity contribution in [3.8, 4) is 17.2 Å². The highest BCUT2D eigenvalue weighted by atomic mass is 19.1. The molecule has 2 aromatic rings. The van der Waals surface area contributed by atoms with E-state index in [2.05, 4.69) is 4.90 Å². The first-order chi connectivity index (χ1) is 13.6. The fraction of sp³-hybridized carbons (Fsp3) is 0.409. The third kappa shape index (κ3) is 3.69. The Labute approximate surface area is 163 Å². The molecule has 1 N–H and O–H groups in total. The van der Waals surface area contributed by atoms with Crippen LogP contribution in [0.25, 0.3) is 0 Å². The van der Waals surface area contributed by atoms with E-state index in [0.717, 1.165) is 37.8 Å². The minimum atomic E-state index is -0.382. The monoisotopic (exact) mass is 385 g/mol. The first-order valence-electron chi connectivity index (χ1n) is 9.56. The zero-order valence-corrected chi connectivity index (χ0v) is 15.8. The SMILES string of the molecule is COc1ccc(F)c(O[C@H]2C[C@@H]3CN(C(C=O)c4ccc(O)cc4)C[C@@H]3C2)c1. The van der Waals surface area contributed by atoms with Gasteiger partial charge in [0.1, 0.15) is 17.8 Å². The van der Waals surface area contributed by atoms with Gasteiger partial charge in [-0.1, -0.05) is 12.1 Å². The summed E-state index contributed by atoms with van der Waals surface area (Å²) in [6, 6.07) is 11.0. The van der Waals surface area contributed by atoms with Gasteiger partial charge in [-0.15, -0.1) is 0 Å². The van der Waals surface area contributed by atoms with Crippen LogP contribution in [0.2, 0.25) is 0 Å². The normalized spacial score (nSPS) is 25.3. The molecule has 6 heteroatoms. The van der Waals surface area contributed by atoms with Crippen LogP contribution in [-0.2, 0) is 4.79 Å². The van der Waals surface area contributed by atoms with Crippen molar-refractivity contribution in [3.05, 3.63) is 53.8 Å². The predicted octanol–water partition coefficient (Wildman–Crippen LogP) is 3.57. The maximum Gasteiger partial charge on any atom is 0.165 e. The molecule has 1 saturated carbocycles. The fourth-order valence-electron chi connectivity index (χ4n) is 4.53. The number of hydrogen-bond donors (Lipinski definition) is 1. The molecule has 2 aliphatic rings. The Bertz CT molecular complexity index is 827. The molecule has 1 aliphatic carbocycles. The van der Waals surface area contributed by atoms with Crippen molar-refractivity contribution in [2.75, 3.05) is 20.2 Å². The number of carbonyl (C=O) groups is 1. The molecular weight excluding hydrogens is 361 g/mol. The van der Waals surface area contributed by atoms with Gasteiger partial charge in [0.2, 0.25) is 0 Å². The van der Waals surface area contributed by atoms with Crippen molar-refractivity contribution < 1.29 is 23.8 Å². The fourth-order valence-corrected chi connectivity index (χ4v) is 4.53. The Morgan fingerprint density at radius 1 is 1.14 bits per heavy atom. The number of benzene rings is 2. The van der Waals surface area contributed by atoms with Crippen LogP contribution >= 0.6 is 0 Å². The number of rotatable bonds is 6. The molecule has 1 aliphatic heterocycles. The van der Waals surface area contributed by atoms with E-state index in [9.17, 15) is 14.3 Å². The number of nitrogens with zero attached hydrogens (tertiary/aromatic N) is 1. The number of phenolic OH excluding ortho intramolecular Hbond substituents is 1. The summed E-state index contributed by atoms with van der Waals surface area (Å²) in [5.41, 5.74) is 0.888. The highest BCUT2D eigenvalue weighted by Crippen LogP contribution is 2.42. The maximum absolute atomic E-state index is 14.0. The van der Waals surface area contributed by atoms with Gasteiger partial charge in [-0.05, 0) is 54.5 Å². The first-order valence-corrected chi connectivity index (χ1v) is 9.56. The lowest BCUT2D eigenvalue weighted by Crippen LogP contribution is -2.30. The molecule has 0 bridgehead atoms. The van der Waals surface area contributed by atoms with E-state index in [1.165, 1.54) is 6.07 Å². The van der Waals surface area contributed by atoms with Gasteiger partial charge in [0, 0.05) is 19.2 Å². The van der Waals surface area contributed by atoms with Crippen molar-refractivity contribution in [3.63, 3.8) is 0 Å². The minimum absolute atomic E-state index is 0.0258. The van der Waals surface area contributed by atoms with Crippen LogP contribution in [0.1, 0.15) is 24.4 Å². The molecule has 2 fully saturated rings. The molecule has 5 nitrogen and oxygen atoms in total. The Hall–Kier alpha value is -2.60. The third-order valence-corrected chi connectivity index (χ3v) is 5.92. The van der Waals surface area contributed by atoms with Gasteiger partial charge in [-0.2, -0.15) is 0 Å². The van der Waals surface area contributed by atoms with Gasteiger partial charge in [-0.3, -0.25) is 4.90 Å². The van der Waals surface area contributed by atoms with Crippen molar-refractivity contribution in [1.82, 2.24) is 4.90 Å². The van der Waals surface area contributed by atoms with Crippen molar-refractivity contribution in [1.29, 1.82) is 0 Å². The lowest BCUT2D eigenvalue weighted by atomic mass is 10.0. The van der Waals surface area contributed by atoms with Crippen LogP contribution < -0.4 is 9.47 Å². The van der Waals surface area contributed by atoms with Gasteiger partial charge in [0.15, 0.2) is 11.6 Å². The number of aromatic hydroxyl groups is 1. The average molecular weight is 385 g/mol. The third-order valence-electron chi connectivity index (χ3n) is 5.92. The van der Waals surface area contributed by atoms with E-state index in [1.54, 1.807) is 43.5 Å². The number of ether oxygens (including phenoxy) is 2. The van der Waals surface area contributed by atoms with Gasteiger partial charge in [-0.25, -0.2) is 4.39 Å². The number of methoxy groups -OCH3 is 1.